The maximum Gasteiger partial charge on any atom is 0.339 e. The highest BCUT2D eigenvalue weighted by atomic mass is 32.2. The van der Waals surface area contributed by atoms with Crippen LogP contribution in [-0.2, 0) is 29.8 Å². The van der Waals surface area contributed by atoms with Crippen molar-refractivity contribution >= 4 is 23.6 Å². The van der Waals surface area contributed by atoms with Crippen LogP contribution in [0.2, 0.25) is 0 Å². The number of nitrogens with zero attached hydrogens (tertiary/aromatic N) is 1. The Morgan fingerprint density at radius 1 is 1.10 bits per heavy atom. The number of piperidine rings is 1. The molecule has 1 aliphatic rings. The topological polar surface area (TPSA) is 119 Å². The molecule has 0 aliphatic carbocycles. The summed E-state index contributed by atoms with van der Waals surface area (Å²) < 4.78 is 58.2. The summed E-state index contributed by atoms with van der Waals surface area (Å²) >= 11 is 0. The molecule has 11 heteroatoms. The zero-order chi connectivity index (χ0) is 23.1. The molecule has 0 spiro atoms. The maximum absolute atomic E-state index is 13.7. The Bertz CT molecular complexity index is 902. The van der Waals surface area contributed by atoms with Crippen molar-refractivity contribution in [3.8, 4) is 5.75 Å². The predicted molar refractivity (Wildman–Crippen MR) is 116 cm³/mol. The number of ether oxygens (including phenoxy) is 1. The number of carbonyl (C=O) groups is 1. The van der Waals surface area contributed by atoms with Gasteiger partial charge in [-0.25, -0.2) is 13.2 Å². The molecule has 1 aromatic carbocycles. The summed E-state index contributed by atoms with van der Waals surface area (Å²) in [5.41, 5.74) is -0.0950. The summed E-state index contributed by atoms with van der Waals surface area (Å²) in [7, 11) is -7.75. The molecule has 2 rings (SSSR count). The van der Waals surface area contributed by atoms with E-state index in [0.717, 1.165) is 6.42 Å². The molecule has 9 nitrogen and oxygen atoms in total. The molecule has 1 N–H and O–H groups in total. The fourth-order valence-corrected chi connectivity index (χ4v) is 7.19. The van der Waals surface area contributed by atoms with E-state index in [2.05, 4.69) is 0 Å². The first-order chi connectivity index (χ1) is 14.7. The van der Waals surface area contributed by atoms with Gasteiger partial charge in [0.1, 0.15) is 10.5 Å². The minimum absolute atomic E-state index is 0.123. The quantitative estimate of drug-likeness (QED) is 0.447. The largest absolute Gasteiger partial charge is 0.491 e. The Kier molecular flexibility index (Phi) is 9.51. The standard InChI is InChI=1S/C20H32NO8PS/c1-4-14-27-18-17(20(22)23)11-10-16(15-30(24,28-5-2)29-6-3)19(18)31(25,26)21-12-8-7-9-13-21/h10-11H,4-9,12-15H2,1-3H3,(H,22,23). The Morgan fingerprint density at radius 3 is 2.23 bits per heavy atom. The van der Waals surface area contributed by atoms with Gasteiger partial charge >= 0.3 is 13.6 Å². The lowest BCUT2D eigenvalue weighted by molar-refractivity contribution is 0.0691. The highest BCUT2D eigenvalue weighted by Crippen LogP contribution is 2.53. The van der Waals surface area contributed by atoms with Crippen LogP contribution < -0.4 is 4.74 Å². The van der Waals surface area contributed by atoms with Crippen LogP contribution in [0.1, 0.15) is 62.4 Å². The monoisotopic (exact) mass is 477 g/mol. The number of hydrogen-bond acceptors (Lipinski definition) is 7. The zero-order valence-electron chi connectivity index (χ0n) is 18.3. The van der Waals surface area contributed by atoms with Crippen molar-refractivity contribution in [3.05, 3.63) is 23.3 Å². The van der Waals surface area contributed by atoms with E-state index in [4.69, 9.17) is 13.8 Å². The van der Waals surface area contributed by atoms with Crippen molar-refractivity contribution in [2.45, 2.75) is 57.5 Å². The van der Waals surface area contributed by atoms with Gasteiger partial charge in [-0.15, -0.1) is 0 Å². The van der Waals surface area contributed by atoms with E-state index in [9.17, 15) is 22.9 Å². The molecule has 0 aromatic heterocycles. The molecule has 1 heterocycles. The van der Waals surface area contributed by atoms with Crippen LogP contribution in [0.15, 0.2) is 17.0 Å². The van der Waals surface area contributed by atoms with E-state index in [1.165, 1.54) is 16.4 Å². The lowest BCUT2D eigenvalue weighted by atomic mass is 10.1. The van der Waals surface area contributed by atoms with E-state index in [0.29, 0.717) is 32.4 Å². The first kappa shape index (κ1) is 25.8. The van der Waals surface area contributed by atoms with Crippen LogP contribution in [-0.4, -0.2) is 56.7 Å². The molecular weight excluding hydrogens is 445 g/mol. The molecule has 0 radical (unpaired) electrons. The Hall–Kier alpha value is -1.45. The summed E-state index contributed by atoms with van der Waals surface area (Å²) in [5, 5.41) is 9.66. The van der Waals surface area contributed by atoms with E-state index >= 15 is 0 Å². The van der Waals surface area contributed by atoms with Gasteiger partial charge in [-0.1, -0.05) is 19.4 Å². The van der Waals surface area contributed by atoms with Crippen LogP contribution in [0.4, 0.5) is 0 Å². The average molecular weight is 478 g/mol. The molecule has 1 saturated heterocycles. The Labute approximate surface area is 184 Å². The predicted octanol–water partition coefficient (Wildman–Crippen LogP) is 4.11. The Morgan fingerprint density at radius 2 is 1.71 bits per heavy atom. The second kappa shape index (κ2) is 11.4. The van der Waals surface area contributed by atoms with Gasteiger partial charge < -0.3 is 18.9 Å². The molecule has 1 aromatic rings. The van der Waals surface area contributed by atoms with Crippen LogP contribution in [0.5, 0.6) is 5.75 Å². The van der Waals surface area contributed by atoms with E-state index < -0.39 is 23.6 Å². The van der Waals surface area contributed by atoms with Crippen molar-refractivity contribution in [3.63, 3.8) is 0 Å². The van der Waals surface area contributed by atoms with Crippen molar-refractivity contribution in [1.29, 1.82) is 0 Å². The third kappa shape index (κ3) is 6.29. The average Bonchev–Trinajstić information content (AvgIpc) is 2.72. The van der Waals surface area contributed by atoms with Crippen LogP contribution in [0, 0.1) is 0 Å². The van der Waals surface area contributed by atoms with Gasteiger partial charge in [-0.05, 0) is 44.7 Å². The fourth-order valence-electron chi connectivity index (χ4n) is 3.49. The first-order valence-electron chi connectivity index (χ1n) is 10.6. The van der Waals surface area contributed by atoms with Gasteiger partial charge in [-0.2, -0.15) is 4.31 Å². The lowest BCUT2D eigenvalue weighted by Gasteiger charge is -2.29. The van der Waals surface area contributed by atoms with E-state index in [1.807, 2.05) is 6.92 Å². The van der Waals surface area contributed by atoms with E-state index in [1.54, 1.807) is 13.8 Å². The number of carboxylic acids is 1. The van der Waals surface area contributed by atoms with Gasteiger partial charge in [0.15, 0.2) is 5.75 Å². The van der Waals surface area contributed by atoms with Crippen molar-refractivity contribution in [1.82, 2.24) is 4.31 Å². The van der Waals surface area contributed by atoms with Gasteiger partial charge in [0.05, 0.1) is 26.0 Å². The third-order valence-corrected chi connectivity index (χ3v) is 8.84. The summed E-state index contributed by atoms with van der Waals surface area (Å²) in [4.78, 5) is 11.6. The Balaban J connectivity index is 2.71. The summed E-state index contributed by atoms with van der Waals surface area (Å²) in [6.45, 7) is 6.22. The summed E-state index contributed by atoms with van der Waals surface area (Å²) in [6, 6.07) is 2.64. The van der Waals surface area contributed by atoms with Gasteiger partial charge in [0.25, 0.3) is 0 Å². The molecule has 0 atom stereocenters. The number of rotatable bonds is 12. The molecular formula is C20H32NO8PS. The SMILES string of the molecule is CCCOc1c(C(=O)O)ccc(CP(=O)(OCC)OCC)c1S(=O)(=O)N1CCCCC1. The molecule has 0 bridgehead atoms. The molecule has 0 unspecified atom stereocenters. The fraction of sp³-hybridized carbons (Fsp3) is 0.650. The zero-order valence-corrected chi connectivity index (χ0v) is 20.0. The van der Waals surface area contributed by atoms with Crippen LogP contribution in [0.3, 0.4) is 0 Å². The molecule has 176 valence electrons. The molecule has 0 amide bonds. The smallest absolute Gasteiger partial charge is 0.339 e. The number of carboxylic acid groups (broad SMARTS) is 1. The molecule has 1 aliphatic heterocycles. The third-order valence-electron chi connectivity index (χ3n) is 4.80. The van der Waals surface area contributed by atoms with Gasteiger partial charge in [0, 0.05) is 13.1 Å². The summed E-state index contributed by atoms with van der Waals surface area (Å²) in [6.07, 6.45) is 2.61. The first-order valence-corrected chi connectivity index (χ1v) is 13.8. The lowest BCUT2D eigenvalue weighted by Crippen LogP contribution is -2.36. The van der Waals surface area contributed by atoms with Crippen molar-refractivity contribution < 1.29 is 36.7 Å². The molecule has 1 fully saturated rings. The number of sulfonamides is 1. The second-order valence-corrected chi connectivity index (χ2v) is 11.1. The van der Waals surface area contributed by atoms with Crippen LogP contribution >= 0.6 is 7.60 Å². The normalized spacial score (nSPS) is 15.7. The van der Waals surface area contributed by atoms with Crippen molar-refractivity contribution in [2.75, 3.05) is 32.9 Å². The van der Waals surface area contributed by atoms with E-state index in [-0.39, 0.29) is 47.8 Å². The number of benzene rings is 1. The minimum Gasteiger partial charge on any atom is -0.491 e. The maximum atomic E-state index is 13.7. The molecule has 31 heavy (non-hydrogen) atoms. The highest BCUT2D eigenvalue weighted by molar-refractivity contribution is 7.89. The van der Waals surface area contributed by atoms with Crippen LogP contribution in [0.25, 0.3) is 0 Å². The highest BCUT2D eigenvalue weighted by Gasteiger charge is 2.37. The molecule has 0 saturated carbocycles. The van der Waals surface area contributed by atoms with Gasteiger partial charge in [-0.3, -0.25) is 4.57 Å². The number of aromatic carboxylic acids is 1. The minimum atomic E-state index is -4.10. The summed E-state index contributed by atoms with van der Waals surface area (Å²) in [5.74, 6) is -1.53. The van der Waals surface area contributed by atoms with Gasteiger partial charge in [0.2, 0.25) is 10.0 Å². The number of hydrogen-bond donors (Lipinski definition) is 1. The van der Waals surface area contributed by atoms with Crippen molar-refractivity contribution in [2.24, 2.45) is 0 Å². The second-order valence-electron chi connectivity index (χ2n) is 7.15.